The number of nitrogen functional groups attached to an aromatic ring is 1. The van der Waals surface area contributed by atoms with Crippen molar-refractivity contribution >= 4 is 17.3 Å². The van der Waals surface area contributed by atoms with Gasteiger partial charge in [0.25, 0.3) is 0 Å². The molecule has 1 atom stereocenters. The lowest BCUT2D eigenvalue weighted by Gasteiger charge is -2.17. The fourth-order valence-corrected chi connectivity index (χ4v) is 1.27. The van der Waals surface area contributed by atoms with Crippen molar-refractivity contribution in [3.05, 3.63) is 28.8 Å². The van der Waals surface area contributed by atoms with Crippen LogP contribution in [0.4, 0.5) is 18.9 Å². The van der Waals surface area contributed by atoms with Crippen LogP contribution in [0.15, 0.2) is 18.2 Å². The van der Waals surface area contributed by atoms with Gasteiger partial charge in [-0.2, -0.15) is 13.2 Å². The van der Waals surface area contributed by atoms with E-state index in [-0.39, 0.29) is 6.61 Å². The molecule has 1 aromatic carbocycles. The lowest BCUT2D eigenvalue weighted by molar-refractivity contribution is -0.217. The molecule has 0 aliphatic carbocycles. The van der Waals surface area contributed by atoms with Crippen LogP contribution in [0.1, 0.15) is 12.5 Å². The fourth-order valence-electron chi connectivity index (χ4n) is 1.03. The maximum atomic E-state index is 12.2. The summed E-state index contributed by atoms with van der Waals surface area (Å²) in [5.74, 6) is 0. The van der Waals surface area contributed by atoms with Crippen molar-refractivity contribution in [3.8, 4) is 0 Å². The Bertz CT molecular complexity index is 347. The lowest BCUT2D eigenvalue weighted by Crippen LogP contribution is -2.28. The molecule has 0 bridgehead atoms. The van der Waals surface area contributed by atoms with Crippen LogP contribution < -0.4 is 5.73 Å². The summed E-state index contributed by atoms with van der Waals surface area (Å²) in [6.07, 6.45) is -6.22. The van der Waals surface area contributed by atoms with Crippen LogP contribution in [0.2, 0.25) is 5.02 Å². The lowest BCUT2D eigenvalue weighted by atomic mass is 10.2. The third-order valence-corrected chi connectivity index (χ3v) is 2.45. The summed E-state index contributed by atoms with van der Waals surface area (Å²) in [6, 6.07) is 4.73. The molecule has 0 spiro atoms. The van der Waals surface area contributed by atoms with Crippen LogP contribution in [0.25, 0.3) is 0 Å². The third-order valence-electron chi connectivity index (χ3n) is 2.09. The molecule has 6 heteroatoms. The Labute approximate surface area is 96.1 Å². The molecule has 0 fully saturated rings. The molecule has 90 valence electrons. The summed E-state index contributed by atoms with van der Waals surface area (Å²) in [7, 11) is 0. The molecule has 0 heterocycles. The monoisotopic (exact) mass is 253 g/mol. The van der Waals surface area contributed by atoms with Crippen molar-refractivity contribution in [1.82, 2.24) is 0 Å². The second-order valence-electron chi connectivity index (χ2n) is 3.30. The molecule has 0 aliphatic heterocycles. The Kier molecular flexibility index (Phi) is 4.04. The van der Waals surface area contributed by atoms with E-state index in [4.69, 9.17) is 17.3 Å². The molecule has 0 amide bonds. The predicted octanol–water partition coefficient (Wildman–Crippen LogP) is 3.39. The van der Waals surface area contributed by atoms with Crippen molar-refractivity contribution < 1.29 is 17.9 Å². The number of hydrogen-bond acceptors (Lipinski definition) is 2. The molecule has 0 saturated carbocycles. The zero-order chi connectivity index (χ0) is 12.3. The first-order chi connectivity index (χ1) is 7.32. The molecular formula is C10H11ClF3NO. The van der Waals surface area contributed by atoms with Gasteiger partial charge in [-0.25, -0.2) is 0 Å². The first-order valence-corrected chi connectivity index (χ1v) is 4.91. The van der Waals surface area contributed by atoms with Gasteiger partial charge in [-0.05, 0) is 19.1 Å². The highest BCUT2D eigenvalue weighted by molar-refractivity contribution is 6.31. The Morgan fingerprint density at radius 2 is 2.06 bits per heavy atom. The van der Waals surface area contributed by atoms with Gasteiger partial charge >= 0.3 is 6.18 Å². The SMILES string of the molecule is CC(OCc1c(N)cccc1Cl)C(F)(F)F. The highest BCUT2D eigenvalue weighted by Crippen LogP contribution is 2.27. The van der Waals surface area contributed by atoms with Crippen molar-refractivity contribution in [1.29, 1.82) is 0 Å². The number of hydrogen-bond donors (Lipinski definition) is 1. The minimum Gasteiger partial charge on any atom is -0.398 e. The average molecular weight is 254 g/mol. The second kappa shape index (κ2) is 4.93. The molecule has 2 nitrogen and oxygen atoms in total. The maximum Gasteiger partial charge on any atom is 0.414 e. The van der Waals surface area contributed by atoms with Crippen LogP contribution in [0.3, 0.4) is 0 Å². The minimum absolute atomic E-state index is 0.258. The van der Waals surface area contributed by atoms with Gasteiger partial charge in [0.1, 0.15) is 0 Å². The van der Waals surface area contributed by atoms with Gasteiger partial charge in [-0.3, -0.25) is 0 Å². The Morgan fingerprint density at radius 3 is 2.56 bits per heavy atom. The van der Waals surface area contributed by atoms with Gasteiger partial charge in [0.05, 0.1) is 6.61 Å². The predicted molar refractivity (Wildman–Crippen MR) is 56.2 cm³/mol. The second-order valence-corrected chi connectivity index (χ2v) is 3.71. The van der Waals surface area contributed by atoms with E-state index in [1.807, 2.05) is 0 Å². The average Bonchev–Trinajstić information content (AvgIpc) is 2.15. The fraction of sp³-hybridized carbons (Fsp3) is 0.400. The number of alkyl halides is 3. The number of benzene rings is 1. The van der Waals surface area contributed by atoms with Gasteiger partial charge in [-0.1, -0.05) is 17.7 Å². The smallest absolute Gasteiger partial charge is 0.398 e. The van der Waals surface area contributed by atoms with E-state index < -0.39 is 12.3 Å². The normalized spacial score (nSPS) is 13.8. The van der Waals surface area contributed by atoms with Gasteiger partial charge in [0, 0.05) is 16.3 Å². The van der Waals surface area contributed by atoms with Crippen LogP contribution in [0.5, 0.6) is 0 Å². The minimum atomic E-state index is -4.38. The third kappa shape index (κ3) is 3.28. The Balaban J connectivity index is 2.69. The molecule has 2 N–H and O–H groups in total. The summed E-state index contributed by atoms with van der Waals surface area (Å²) in [5.41, 5.74) is 6.27. The Hall–Kier alpha value is -0.940. The zero-order valence-electron chi connectivity index (χ0n) is 8.51. The molecule has 1 unspecified atom stereocenters. The van der Waals surface area contributed by atoms with Gasteiger partial charge in [0.2, 0.25) is 0 Å². The molecule has 1 rings (SSSR count). The summed E-state index contributed by atoms with van der Waals surface area (Å²) >= 11 is 5.79. The van der Waals surface area contributed by atoms with Crippen LogP contribution >= 0.6 is 11.6 Å². The van der Waals surface area contributed by atoms with E-state index in [0.717, 1.165) is 6.92 Å². The summed E-state index contributed by atoms with van der Waals surface area (Å²) in [5, 5.41) is 0.300. The number of rotatable bonds is 3. The van der Waals surface area contributed by atoms with Gasteiger partial charge in [0.15, 0.2) is 6.10 Å². The summed E-state index contributed by atoms with van der Waals surface area (Å²) < 4.78 is 41.2. The molecule has 0 aliphatic rings. The summed E-state index contributed by atoms with van der Waals surface area (Å²) in [4.78, 5) is 0. The zero-order valence-corrected chi connectivity index (χ0v) is 9.27. The van der Waals surface area contributed by atoms with E-state index in [1.165, 1.54) is 0 Å². The Morgan fingerprint density at radius 1 is 1.44 bits per heavy atom. The molecular weight excluding hydrogens is 243 g/mol. The highest BCUT2D eigenvalue weighted by Gasteiger charge is 2.36. The van der Waals surface area contributed by atoms with Crippen molar-refractivity contribution in [2.75, 3.05) is 5.73 Å². The molecule has 0 radical (unpaired) electrons. The number of nitrogens with two attached hydrogens (primary N) is 1. The first-order valence-electron chi connectivity index (χ1n) is 4.53. The number of ether oxygens (including phenoxy) is 1. The van der Waals surface area contributed by atoms with Gasteiger partial charge in [-0.15, -0.1) is 0 Å². The van der Waals surface area contributed by atoms with Crippen molar-refractivity contribution in [2.24, 2.45) is 0 Å². The standard InChI is InChI=1S/C10H11ClF3NO/c1-6(10(12,13)14)16-5-7-8(11)3-2-4-9(7)15/h2-4,6H,5,15H2,1H3. The number of anilines is 1. The van der Waals surface area contributed by atoms with E-state index in [0.29, 0.717) is 16.3 Å². The van der Waals surface area contributed by atoms with Crippen molar-refractivity contribution in [2.45, 2.75) is 25.8 Å². The summed E-state index contributed by atoms with van der Waals surface area (Å²) in [6.45, 7) is 0.680. The maximum absolute atomic E-state index is 12.2. The largest absolute Gasteiger partial charge is 0.414 e. The van der Waals surface area contributed by atoms with Crippen molar-refractivity contribution in [3.63, 3.8) is 0 Å². The molecule has 0 saturated heterocycles. The van der Waals surface area contributed by atoms with Gasteiger partial charge < -0.3 is 10.5 Å². The number of halogens is 4. The van der Waals surface area contributed by atoms with Crippen LogP contribution in [-0.4, -0.2) is 12.3 Å². The van der Waals surface area contributed by atoms with E-state index in [9.17, 15) is 13.2 Å². The van der Waals surface area contributed by atoms with Crippen LogP contribution in [0, 0.1) is 0 Å². The molecule has 0 aromatic heterocycles. The first kappa shape index (κ1) is 13.1. The van der Waals surface area contributed by atoms with E-state index in [2.05, 4.69) is 4.74 Å². The van der Waals surface area contributed by atoms with E-state index in [1.54, 1.807) is 18.2 Å². The van der Waals surface area contributed by atoms with Crippen LogP contribution in [-0.2, 0) is 11.3 Å². The van der Waals surface area contributed by atoms with E-state index >= 15 is 0 Å². The molecule has 1 aromatic rings. The topological polar surface area (TPSA) is 35.2 Å². The molecule has 16 heavy (non-hydrogen) atoms. The quantitative estimate of drug-likeness (QED) is 0.838. The highest BCUT2D eigenvalue weighted by atomic mass is 35.5.